The number of carbonyl (C=O) groups excluding carboxylic acids is 1. The van der Waals surface area contributed by atoms with Crippen molar-refractivity contribution in [3.05, 3.63) is 107 Å². The molecule has 5 heteroatoms. The number of hydrogen-bond donors (Lipinski definition) is 1. The van der Waals surface area contributed by atoms with Gasteiger partial charge in [0.05, 0.1) is 0 Å². The smallest absolute Gasteiger partial charge is 0.369 e. The Morgan fingerprint density at radius 1 is 0.828 bits per heavy atom. The molecule has 0 aliphatic heterocycles. The van der Waals surface area contributed by atoms with Gasteiger partial charge in [0.15, 0.2) is 5.78 Å². The molecule has 1 unspecified atom stereocenters. The van der Waals surface area contributed by atoms with Gasteiger partial charge in [-0.3, -0.25) is 4.79 Å². The van der Waals surface area contributed by atoms with Crippen molar-refractivity contribution in [2.75, 3.05) is 0 Å². The normalized spacial score (nSPS) is 13.1. The van der Waals surface area contributed by atoms with Crippen molar-refractivity contribution in [3.8, 4) is 11.8 Å². The van der Waals surface area contributed by atoms with Gasteiger partial charge in [0, 0.05) is 23.1 Å². The maximum atomic E-state index is 13.7. The molecular formula is C24H17F3O2. The van der Waals surface area contributed by atoms with Crippen LogP contribution in [0.15, 0.2) is 84.9 Å². The van der Waals surface area contributed by atoms with E-state index in [1.807, 2.05) is 5.92 Å². The molecule has 0 heterocycles. The minimum Gasteiger partial charge on any atom is -0.369 e. The zero-order valence-corrected chi connectivity index (χ0v) is 15.3. The van der Waals surface area contributed by atoms with E-state index in [0.29, 0.717) is 11.1 Å². The lowest BCUT2D eigenvalue weighted by Crippen LogP contribution is -2.46. The maximum Gasteiger partial charge on any atom is 0.429 e. The number of halogens is 3. The van der Waals surface area contributed by atoms with Crippen molar-refractivity contribution in [3.63, 3.8) is 0 Å². The summed E-state index contributed by atoms with van der Waals surface area (Å²) in [5, 5.41) is 10.4. The molecule has 0 spiro atoms. The summed E-state index contributed by atoms with van der Waals surface area (Å²) in [6.45, 7) is 0. The molecule has 0 fully saturated rings. The first-order valence-electron chi connectivity index (χ1n) is 8.85. The number of alkyl halides is 3. The predicted octanol–water partition coefficient (Wildman–Crippen LogP) is 4.81. The number of ketones is 1. The highest BCUT2D eigenvalue weighted by Gasteiger charge is 2.53. The average molecular weight is 394 g/mol. The van der Waals surface area contributed by atoms with E-state index in [9.17, 15) is 23.1 Å². The Hall–Kier alpha value is -3.36. The van der Waals surface area contributed by atoms with E-state index >= 15 is 0 Å². The minimum absolute atomic E-state index is 0.0727. The molecule has 0 aliphatic rings. The van der Waals surface area contributed by atoms with Crippen LogP contribution in [-0.2, 0) is 6.42 Å². The minimum atomic E-state index is -5.00. The molecule has 2 nitrogen and oxygen atoms in total. The Labute approximate surface area is 166 Å². The first-order valence-corrected chi connectivity index (χ1v) is 8.85. The molecule has 29 heavy (non-hydrogen) atoms. The molecule has 0 aliphatic carbocycles. The number of rotatable bonds is 4. The van der Waals surface area contributed by atoms with Gasteiger partial charge in [-0.2, -0.15) is 13.2 Å². The van der Waals surface area contributed by atoms with E-state index in [1.165, 1.54) is 18.2 Å². The number of benzene rings is 3. The van der Waals surface area contributed by atoms with Crippen LogP contribution in [0, 0.1) is 11.8 Å². The van der Waals surface area contributed by atoms with Crippen LogP contribution in [0.5, 0.6) is 0 Å². The van der Waals surface area contributed by atoms with Crippen LogP contribution in [0.2, 0.25) is 0 Å². The monoisotopic (exact) mass is 394 g/mol. The molecule has 1 atom stereocenters. The summed E-state index contributed by atoms with van der Waals surface area (Å²) in [6.07, 6.45) is -5.86. The average Bonchev–Trinajstić information content (AvgIpc) is 2.73. The lowest BCUT2D eigenvalue weighted by Gasteiger charge is -2.26. The third-order valence-corrected chi connectivity index (χ3v) is 4.40. The van der Waals surface area contributed by atoms with Crippen LogP contribution >= 0.6 is 0 Å². The van der Waals surface area contributed by atoms with Gasteiger partial charge in [-0.25, -0.2) is 0 Å². The molecule has 146 valence electrons. The largest absolute Gasteiger partial charge is 0.429 e. The van der Waals surface area contributed by atoms with Crippen LogP contribution in [0.1, 0.15) is 27.0 Å². The van der Waals surface area contributed by atoms with Gasteiger partial charge >= 0.3 is 6.18 Å². The summed E-state index contributed by atoms with van der Waals surface area (Å²) in [6, 6.07) is 22.3. The molecule has 0 saturated heterocycles. The Balaban J connectivity index is 2.00. The van der Waals surface area contributed by atoms with Crippen LogP contribution in [0.3, 0.4) is 0 Å². The van der Waals surface area contributed by atoms with Crippen LogP contribution in [-0.4, -0.2) is 22.7 Å². The van der Waals surface area contributed by atoms with Crippen molar-refractivity contribution in [1.29, 1.82) is 0 Å². The molecule has 3 rings (SSSR count). The topological polar surface area (TPSA) is 37.3 Å². The Morgan fingerprint density at radius 2 is 1.38 bits per heavy atom. The van der Waals surface area contributed by atoms with Gasteiger partial charge in [0.1, 0.15) is 0 Å². The van der Waals surface area contributed by atoms with E-state index in [-0.39, 0.29) is 11.1 Å². The van der Waals surface area contributed by atoms with Crippen LogP contribution < -0.4 is 0 Å². The van der Waals surface area contributed by atoms with Crippen molar-refractivity contribution < 1.29 is 23.1 Å². The summed E-state index contributed by atoms with van der Waals surface area (Å²) < 4.78 is 41.1. The lowest BCUT2D eigenvalue weighted by atomic mass is 9.88. The molecular weight excluding hydrogens is 377 g/mol. The molecule has 0 saturated carbocycles. The predicted molar refractivity (Wildman–Crippen MR) is 104 cm³/mol. The summed E-state index contributed by atoms with van der Waals surface area (Å²) in [7, 11) is 0. The van der Waals surface area contributed by atoms with Crippen molar-refractivity contribution in [1.82, 2.24) is 0 Å². The van der Waals surface area contributed by atoms with Crippen molar-refractivity contribution >= 4 is 5.78 Å². The second-order valence-corrected chi connectivity index (χ2v) is 6.50. The fourth-order valence-electron chi connectivity index (χ4n) is 2.83. The highest BCUT2D eigenvalue weighted by Crippen LogP contribution is 2.34. The van der Waals surface area contributed by atoms with Gasteiger partial charge in [-0.05, 0) is 17.7 Å². The Morgan fingerprint density at radius 3 is 2.00 bits per heavy atom. The van der Waals surface area contributed by atoms with E-state index in [0.717, 1.165) is 0 Å². The molecule has 0 amide bonds. The molecule has 3 aromatic rings. The standard InChI is InChI=1S/C24H17F3O2/c25-24(26,27)23(29,16-15-18-9-3-1-4-10-18)17-20-13-7-8-14-21(20)22(28)19-11-5-2-6-12-19/h1-14,29H,17H2. The number of hydrogen-bond acceptors (Lipinski definition) is 2. The summed E-state index contributed by atoms with van der Waals surface area (Å²) in [5.74, 6) is 3.95. The Kier molecular flexibility index (Phi) is 5.86. The van der Waals surface area contributed by atoms with E-state index in [2.05, 4.69) is 5.92 Å². The van der Waals surface area contributed by atoms with Gasteiger partial charge < -0.3 is 5.11 Å². The van der Waals surface area contributed by atoms with Gasteiger partial charge in [-0.1, -0.05) is 84.6 Å². The van der Waals surface area contributed by atoms with E-state index in [1.54, 1.807) is 66.7 Å². The van der Waals surface area contributed by atoms with Gasteiger partial charge in [-0.15, -0.1) is 0 Å². The zero-order valence-electron chi connectivity index (χ0n) is 15.3. The van der Waals surface area contributed by atoms with Gasteiger partial charge in [0.25, 0.3) is 0 Å². The number of carbonyl (C=O) groups is 1. The summed E-state index contributed by atoms with van der Waals surface area (Å²) in [5.41, 5.74) is -2.42. The molecule has 3 aromatic carbocycles. The first-order chi connectivity index (χ1) is 13.8. The molecule has 1 N–H and O–H groups in total. The Bertz CT molecular complexity index is 1050. The van der Waals surface area contributed by atoms with E-state index in [4.69, 9.17) is 0 Å². The second-order valence-electron chi connectivity index (χ2n) is 6.50. The zero-order chi connectivity index (χ0) is 20.9. The summed E-state index contributed by atoms with van der Waals surface area (Å²) in [4.78, 5) is 12.8. The lowest BCUT2D eigenvalue weighted by molar-refractivity contribution is -0.234. The van der Waals surface area contributed by atoms with E-state index < -0.39 is 24.0 Å². The van der Waals surface area contributed by atoms with Crippen molar-refractivity contribution in [2.24, 2.45) is 0 Å². The third kappa shape index (κ3) is 4.74. The second kappa shape index (κ2) is 8.34. The molecule has 0 aromatic heterocycles. The number of aliphatic hydroxyl groups is 1. The molecule has 0 radical (unpaired) electrons. The van der Waals surface area contributed by atoms with Crippen molar-refractivity contribution in [2.45, 2.75) is 18.2 Å². The highest BCUT2D eigenvalue weighted by molar-refractivity contribution is 6.09. The fraction of sp³-hybridized carbons (Fsp3) is 0.125. The molecule has 0 bridgehead atoms. The SMILES string of the molecule is O=C(c1ccccc1)c1ccccc1CC(O)(C#Cc1ccccc1)C(F)(F)F. The van der Waals surface area contributed by atoms with Gasteiger partial charge in [0.2, 0.25) is 5.60 Å². The highest BCUT2D eigenvalue weighted by atomic mass is 19.4. The van der Waals surface area contributed by atoms with Crippen LogP contribution in [0.4, 0.5) is 13.2 Å². The van der Waals surface area contributed by atoms with Crippen LogP contribution in [0.25, 0.3) is 0 Å². The fourth-order valence-corrected chi connectivity index (χ4v) is 2.83. The maximum absolute atomic E-state index is 13.7. The quantitative estimate of drug-likeness (QED) is 0.510. The first kappa shape index (κ1) is 20.4. The third-order valence-electron chi connectivity index (χ3n) is 4.40. The summed E-state index contributed by atoms with van der Waals surface area (Å²) >= 11 is 0.